The van der Waals surface area contributed by atoms with Crippen LogP contribution in [0, 0.1) is 5.92 Å². The second-order valence-electron chi connectivity index (χ2n) is 5.50. The lowest BCUT2D eigenvalue weighted by Crippen LogP contribution is -2.21. The number of hydrogen-bond donors (Lipinski definition) is 1. The summed E-state index contributed by atoms with van der Waals surface area (Å²) >= 11 is 6.05. The Kier molecular flexibility index (Phi) is 4.45. The Morgan fingerprint density at radius 2 is 2.26 bits per heavy atom. The van der Waals surface area contributed by atoms with Crippen LogP contribution >= 0.6 is 11.6 Å². The van der Waals surface area contributed by atoms with Gasteiger partial charge < -0.3 is 9.47 Å². The molecule has 1 atom stereocenters. The monoisotopic (exact) mass is 358 g/mol. The molecule has 0 unspecified atom stereocenters. The van der Waals surface area contributed by atoms with E-state index in [1.165, 1.54) is 6.21 Å². The quantitative estimate of drug-likeness (QED) is 0.647. The molecule has 2 aliphatic rings. The molecule has 0 radical (unpaired) electrons. The van der Waals surface area contributed by atoms with Crippen molar-refractivity contribution in [1.82, 2.24) is 5.43 Å². The van der Waals surface area contributed by atoms with Crippen LogP contribution in [-0.2, 0) is 14.6 Å². The van der Waals surface area contributed by atoms with Crippen molar-refractivity contribution in [3.05, 3.63) is 22.7 Å². The van der Waals surface area contributed by atoms with Gasteiger partial charge in [-0.05, 0) is 30.0 Å². The highest BCUT2D eigenvalue weighted by Crippen LogP contribution is 2.39. The minimum atomic E-state index is -2.97. The number of nitrogens with one attached hydrogen (secondary N) is 1. The molecule has 0 spiro atoms. The number of ether oxygens (including phenoxy) is 2. The fraction of sp³-hybridized carbons (Fsp3) is 0.429. The first-order valence-corrected chi connectivity index (χ1v) is 9.24. The van der Waals surface area contributed by atoms with Gasteiger partial charge in [-0.25, -0.2) is 13.8 Å². The van der Waals surface area contributed by atoms with E-state index < -0.39 is 9.84 Å². The number of rotatable bonds is 4. The standard InChI is InChI=1S/C14H15ClN2O5S/c15-11-3-10(4-12-14(11)22-8-21-12)6-16-17-13(18)5-9-1-2-23(19,20)7-9/h3-4,6,9H,1-2,5,7-8H2,(H,17,18)/b16-6-/t9-/m0/s1. The number of amides is 1. The molecule has 3 rings (SSSR count). The molecule has 124 valence electrons. The van der Waals surface area contributed by atoms with Gasteiger partial charge >= 0.3 is 0 Å². The molecule has 7 nitrogen and oxygen atoms in total. The number of carbonyl (C=O) groups excluding carboxylic acids is 1. The fourth-order valence-corrected chi connectivity index (χ4v) is 4.72. The predicted octanol–water partition coefficient (Wildman–Crippen LogP) is 1.34. The lowest BCUT2D eigenvalue weighted by Gasteiger charge is -2.05. The number of sulfone groups is 1. The van der Waals surface area contributed by atoms with Crippen LogP contribution in [0.4, 0.5) is 0 Å². The van der Waals surface area contributed by atoms with Crippen molar-refractivity contribution in [2.24, 2.45) is 11.0 Å². The summed E-state index contributed by atoms with van der Waals surface area (Å²) in [6.07, 6.45) is 2.12. The van der Waals surface area contributed by atoms with Gasteiger partial charge in [0.05, 0.1) is 22.7 Å². The number of fused-ring (bicyclic) bond motifs is 1. The molecular formula is C14H15ClN2O5S. The van der Waals surface area contributed by atoms with Gasteiger partial charge in [0, 0.05) is 6.42 Å². The van der Waals surface area contributed by atoms with Gasteiger partial charge in [-0.1, -0.05) is 11.6 Å². The third-order valence-corrected chi connectivity index (χ3v) is 5.77. The molecule has 2 aliphatic heterocycles. The van der Waals surface area contributed by atoms with Crippen molar-refractivity contribution in [2.75, 3.05) is 18.3 Å². The molecule has 23 heavy (non-hydrogen) atoms. The van der Waals surface area contributed by atoms with E-state index in [2.05, 4.69) is 10.5 Å². The molecule has 1 amide bonds. The molecule has 1 saturated heterocycles. The topological polar surface area (TPSA) is 94.1 Å². The Hall–Kier alpha value is -1.80. The molecule has 0 saturated carbocycles. The van der Waals surface area contributed by atoms with E-state index >= 15 is 0 Å². The van der Waals surface area contributed by atoms with E-state index in [0.717, 1.165) is 0 Å². The van der Waals surface area contributed by atoms with Crippen LogP contribution in [0.1, 0.15) is 18.4 Å². The Balaban J connectivity index is 1.55. The molecule has 0 aromatic heterocycles. The van der Waals surface area contributed by atoms with E-state index in [-0.39, 0.29) is 36.5 Å². The summed E-state index contributed by atoms with van der Waals surface area (Å²) in [5.41, 5.74) is 3.05. The normalized spacial score (nSPS) is 21.7. The van der Waals surface area contributed by atoms with E-state index in [1.807, 2.05) is 0 Å². The maximum Gasteiger partial charge on any atom is 0.240 e. The molecule has 1 aromatic rings. The molecule has 9 heteroatoms. The number of hydrazone groups is 1. The third kappa shape index (κ3) is 3.94. The van der Waals surface area contributed by atoms with E-state index in [4.69, 9.17) is 21.1 Å². The lowest BCUT2D eigenvalue weighted by molar-refractivity contribution is -0.121. The number of benzene rings is 1. The first-order chi connectivity index (χ1) is 10.9. The third-order valence-electron chi connectivity index (χ3n) is 3.65. The van der Waals surface area contributed by atoms with Crippen LogP contribution in [0.25, 0.3) is 0 Å². The van der Waals surface area contributed by atoms with Crippen molar-refractivity contribution < 1.29 is 22.7 Å². The van der Waals surface area contributed by atoms with Gasteiger partial charge in [-0.15, -0.1) is 0 Å². The van der Waals surface area contributed by atoms with Crippen molar-refractivity contribution in [1.29, 1.82) is 0 Å². The van der Waals surface area contributed by atoms with Gasteiger partial charge in [-0.2, -0.15) is 5.10 Å². The Labute approximate surface area is 138 Å². The van der Waals surface area contributed by atoms with Gasteiger partial charge in [0.15, 0.2) is 21.3 Å². The summed E-state index contributed by atoms with van der Waals surface area (Å²) in [4.78, 5) is 11.8. The summed E-state index contributed by atoms with van der Waals surface area (Å²) < 4.78 is 33.1. The van der Waals surface area contributed by atoms with Gasteiger partial charge in [0.2, 0.25) is 12.7 Å². The first kappa shape index (κ1) is 16.1. The predicted molar refractivity (Wildman–Crippen MR) is 84.7 cm³/mol. The zero-order valence-electron chi connectivity index (χ0n) is 12.1. The van der Waals surface area contributed by atoms with Crippen molar-refractivity contribution in [3.8, 4) is 11.5 Å². The van der Waals surface area contributed by atoms with Crippen LogP contribution in [0.3, 0.4) is 0 Å². The highest BCUT2D eigenvalue weighted by molar-refractivity contribution is 7.91. The average Bonchev–Trinajstić information content (AvgIpc) is 3.05. The van der Waals surface area contributed by atoms with E-state index in [0.29, 0.717) is 28.5 Å². The number of hydrogen-bond acceptors (Lipinski definition) is 6. The minimum absolute atomic E-state index is 0.0713. The van der Waals surface area contributed by atoms with Gasteiger partial charge in [-0.3, -0.25) is 4.79 Å². The molecule has 1 N–H and O–H groups in total. The largest absolute Gasteiger partial charge is 0.454 e. The second kappa shape index (κ2) is 6.37. The maximum absolute atomic E-state index is 11.8. The highest BCUT2D eigenvalue weighted by Gasteiger charge is 2.29. The minimum Gasteiger partial charge on any atom is -0.454 e. The molecule has 2 heterocycles. The molecule has 1 aromatic carbocycles. The van der Waals surface area contributed by atoms with Crippen LogP contribution in [-0.4, -0.2) is 38.8 Å². The SMILES string of the molecule is O=C(C[C@@H]1CCS(=O)(=O)C1)N/N=C\c1cc(Cl)c2c(c1)OCO2. The van der Waals surface area contributed by atoms with Gasteiger partial charge in [0.1, 0.15) is 0 Å². The lowest BCUT2D eigenvalue weighted by atomic mass is 10.1. The average molecular weight is 359 g/mol. The fourth-order valence-electron chi connectivity index (χ4n) is 2.58. The summed E-state index contributed by atoms with van der Waals surface area (Å²) in [6.45, 7) is 0.122. The smallest absolute Gasteiger partial charge is 0.240 e. The second-order valence-corrected chi connectivity index (χ2v) is 8.14. The van der Waals surface area contributed by atoms with Crippen LogP contribution in [0.5, 0.6) is 11.5 Å². The molecule has 1 fully saturated rings. The van der Waals surface area contributed by atoms with E-state index in [1.54, 1.807) is 12.1 Å². The summed E-state index contributed by atoms with van der Waals surface area (Å²) in [6, 6.07) is 3.35. The Morgan fingerprint density at radius 1 is 1.43 bits per heavy atom. The molecular weight excluding hydrogens is 344 g/mol. The number of halogens is 1. The maximum atomic E-state index is 11.8. The summed E-state index contributed by atoms with van der Waals surface area (Å²) in [5.74, 6) is 0.813. The number of carbonyl (C=O) groups is 1. The Bertz CT molecular complexity index is 763. The zero-order chi connectivity index (χ0) is 16.4. The summed E-state index contributed by atoms with van der Waals surface area (Å²) in [5, 5.41) is 4.26. The van der Waals surface area contributed by atoms with Crippen LogP contribution < -0.4 is 14.9 Å². The zero-order valence-corrected chi connectivity index (χ0v) is 13.7. The van der Waals surface area contributed by atoms with Crippen LogP contribution in [0.2, 0.25) is 5.02 Å². The molecule has 0 aliphatic carbocycles. The highest BCUT2D eigenvalue weighted by atomic mass is 35.5. The van der Waals surface area contributed by atoms with Gasteiger partial charge in [0.25, 0.3) is 0 Å². The first-order valence-electron chi connectivity index (χ1n) is 7.04. The molecule has 0 bridgehead atoms. The van der Waals surface area contributed by atoms with E-state index in [9.17, 15) is 13.2 Å². The van der Waals surface area contributed by atoms with Crippen molar-refractivity contribution in [2.45, 2.75) is 12.8 Å². The number of nitrogens with zero attached hydrogens (tertiary/aromatic N) is 1. The Morgan fingerprint density at radius 3 is 3.00 bits per heavy atom. The van der Waals surface area contributed by atoms with Crippen LogP contribution in [0.15, 0.2) is 17.2 Å². The van der Waals surface area contributed by atoms with Crippen molar-refractivity contribution in [3.63, 3.8) is 0 Å². The van der Waals surface area contributed by atoms with Crippen molar-refractivity contribution >= 4 is 33.6 Å². The summed E-state index contributed by atoms with van der Waals surface area (Å²) in [7, 11) is -2.97.